The van der Waals surface area contributed by atoms with Crippen molar-refractivity contribution in [1.82, 2.24) is 9.97 Å². The molecule has 2 aromatic heterocycles. The minimum atomic E-state index is -1.02. The number of hydrogen-bond donors (Lipinski definition) is 2. The number of pyridine rings is 2. The van der Waals surface area contributed by atoms with Crippen LogP contribution in [0.5, 0.6) is 0 Å². The number of fused-ring (bicyclic) bond motifs is 1. The van der Waals surface area contributed by atoms with E-state index in [0.717, 1.165) is 5.39 Å². The Bertz CT molecular complexity index is 574. The number of rotatable bonds is 2. The highest BCUT2D eigenvalue weighted by molar-refractivity contribution is 5.77. The molecule has 2 rings (SSSR count). The number of carboxylic acid groups (broad SMARTS) is 1. The molecule has 0 atom stereocenters. The number of nitrogens with one attached hydrogen (secondary N) is 1. The topological polar surface area (TPSA) is 83.0 Å². The van der Waals surface area contributed by atoms with E-state index in [-0.39, 0.29) is 12.0 Å². The summed E-state index contributed by atoms with van der Waals surface area (Å²) in [6.07, 6.45) is 1.29. The van der Waals surface area contributed by atoms with Gasteiger partial charge in [0.1, 0.15) is 5.65 Å². The van der Waals surface area contributed by atoms with Crippen molar-refractivity contribution in [2.75, 3.05) is 0 Å². The zero-order valence-corrected chi connectivity index (χ0v) is 7.73. The van der Waals surface area contributed by atoms with Crippen molar-refractivity contribution >= 4 is 17.0 Å². The van der Waals surface area contributed by atoms with Crippen LogP contribution in [0.15, 0.2) is 29.2 Å². The molecule has 0 aliphatic heterocycles. The molecule has 0 saturated carbocycles. The summed E-state index contributed by atoms with van der Waals surface area (Å²) >= 11 is 0. The van der Waals surface area contributed by atoms with Crippen molar-refractivity contribution < 1.29 is 9.90 Å². The van der Waals surface area contributed by atoms with Crippen LogP contribution in [0.25, 0.3) is 11.0 Å². The van der Waals surface area contributed by atoms with Crippen molar-refractivity contribution in [3.05, 3.63) is 40.3 Å². The number of carbonyl (C=O) groups is 1. The molecule has 15 heavy (non-hydrogen) atoms. The Morgan fingerprint density at radius 3 is 3.07 bits per heavy atom. The average molecular weight is 204 g/mol. The Morgan fingerprint density at radius 1 is 1.53 bits per heavy atom. The third-order valence-corrected chi connectivity index (χ3v) is 2.03. The largest absolute Gasteiger partial charge is 0.481 e. The maximum Gasteiger partial charge on any atom is 0.308 e. The summed E-state index contributed by atoms with van der Waals surface area (Å²) in [7, 11) is 0. The fourth-order valence-electron chi connectivity index (χ4n) is 1.37. The van der Waals surface area contributed by atoms with Crippen LogP contribution >= 0.6 is 0 Å². The van der Waals surface area contributed by atoms with Crippen LogP contribution in [-0.2, 0) is 11.2 Å². The van der Waals surface area contributed by atoms with E-state index in [4.69, 9.17) is 5.11 Å². The van der Waals surface area contributed by atoms with Crippen LogP contribution < -0.4 is 5.56 Å². The second-order valence-corrected chi connectivity index (χ2v) is 3.14. The number of H-pyrrole nitrogens is 1. The Labute approximate surface area is 84.4 Å². The van der Waals surface area contributed by atoms with Crippen LogP contribution in [0.2, 0.25) is 0 Å². The summed E-state index contributed by atoms with van der Waals surface area (Å²) in [4.78, 5) is 28.4. The lowest BCUT2D eigenvalue weighted by molar-refractivity contribution is -0.136. The van der Waals surface area contributed by atoms with Gasteiger partial charge in [0.25, 0.3) is 5.56 Å². The fourth-order valence-corrected chi connectivity index (χ4v) is 1.37. The van der Waals surface area contributed by atoms with Crippen LogP contribution in [-0.4, -0.2) is 21.0 Å². The molecule has 0 radical (unpaired) electrons. The van der Waals surface area contributed by atoms with Gasteiger partial charge in [-0.2, -0.15) is 0 Å². The van der Waals surface area contributed by atoms with Crippen LogP contribution in [0, 0.1) is 0 Å². The molecular weight excluding hydrogens is 196 g/mol. The molecule has 0 fully saturated rings. The predicted molar refractivity (Wildman–Crippen MR) is 53.7 cm³/mol. The summed E-state index contributed by atoms with van der Waals surface area (Å²) in [5.74, 6) is -1.02. The minimum absolute atomic E-state index is 0.239. The molecular formula is C10H8N2O3. The summed E-state index contributed by atoms with van der Waals surface area (Å²) in [5, 5.41) is 9.32. The molecule has 76 valence electrons. The fraction of sp³-hybridized carbons (Fsp3) is 0.100. The quantitative estimate of drug-likeness (QED) is 0.748. The van der Waals surface area contributed by atoms with Crippen molar-refractivity contribution in [3.63, 3.8) is 0 Å². The summed E-state index contributed by atoms with van der Waals surface area (Å²) in [6, 6.07) is 5.05. The predicted octanol–water partition coefficient (Wildman–Crippen LogP) is 0.550. The highest BCUT2D eigenvalue weighted by atomic mass is 16.4. The van der Waals surface area contributed by atoms with Crippen LogP contribution in [0.4, 0.5) is 0 Å². The molecule has 2 N–H and O–H groups in total. The van der Waals surface area contributed by atoms with E-state index < -0.39 is 11.5 Å². The first-order valence-corrected chi connectivity index (χ1v) is 4.35. The molecule has 0 aliphatic rings. The van der Waals surface area contributed by atoms with E-state index in [1.807, 2.05) is 0 Å². The molecule has 0 saturated heterocycles. The SMILES string of the molecule is O=C(O)Cc1cc2cccnc2[nH]c1=O. The summed E-state index contributed by atoms with van der Waals surface area (Å²) < 4.78 is 0. The molecule has 2 aromatic rings. The maximum absolute atomic E-state index is 11.4. The van der Waals surface area contributed by atoms with Gasteiger partial charge in [-0.3, -0.25) is 9.59 Å². The second-order valence-electron chi connectivity index (χ2n) is 3.14. The summed E-state index contributed by atoms with van der Waals surface area (Å²) in [6.45, 7) is 0. The molecule has 0 aliphatic carbocycles. The van der Waals surface area contributed by atoms with Crippen molar-refractivity contribution in [1.29, 1.82) is 0 Å². The van der Waals surface area contributed by atoms with E-state index in [1.165, 1.54) is 0 Å². The Hall–Kier alpha value is -2.17. The number of aliphatic carboxylic acids is 1. The Morgan fingerprint density at radius 2 is 2.33 bits per heavy atom. The normalized spacial score (nSPS) is 10.4. The van der Waals surface area contributed by atoms with E-state index in [2.05, 4.69) is 9.97 Å². The van der Waals surface area contributed by atoms with E-state index >= 15 is 0 Å². The van der Waals surface area contributed by atoms with E-state index in [1.54, 1.807) is 24.4 Å². The second kappa shape index (κ2) is 3.53. The third-order valence-electron chi connectivity index (χ3n) is 2.03. The standard InChI is InChI=1S/C10H8N2O3/c13-8(14)5-7-4-6-2-1-3-11-9(6)12-10(7)15/h1-4H,5H2,(H,13,14)(H,11,12,15). The van der Waals surface area contributed by atoms with Gasteiger partial charge in [0.15, 0.2) is 0 Å². The Balaban J connectivity index is 2.62. The molecule has 0 amide bonds. The lowest BCUT2D eigenvalue weighted by Crippen LogP contribution is -2.16. The molecule has 2 heterocycles. The first-order chi connectivity index (χ1) is 7.16. The maximum atomic E-state index is 11.4. The molecule has 5 nitrogen and oxygen atoms in total. The number of nitrogens with zero attached hydrogens (tertiary/aromatic N) is 1. The Kier molecular flexibility index (Phi) is 2.21. The van der Waals surface area contributed by atoms with Gasteiger partial charge in [-0.25, -0.2) is 4.98 Å². The minimum Gasteiger partial charge on any atom is -0.481 e. The number of aromatic nitrogens is 2. The monoisotopic (exact) mass is 204 g/mol. The van der Waals surface area contributed by atoms with Gasteiger partial charge in [-0.15, -0.1) is 0 Å². The number of hydrogen-bond acceptors (Lipinski definition) is 3. The van der Waals surface area contributed by atoms with E-state index in [9.17, 15) is 9.59 Å². The van der Waals surface area contributed by atoms with E-state index in [0.29, 0.717) is 5.65 Å². The lowest BCUT2D eigenvalue weighted by atomic mass is 10.1. The van der Waals surface area contributed by atoms with Crippen LogP contribution in [0.1, 0.15) is 5.56 Å². The molecule has 5 heteroatoms. The lowest BCUT2D eigenvalue weighted by Gasteiger charge is -1.99. The molecule has 0 unspecified atom stereocenters. The van der Waals surface area contributed by atoms with Gasteiger partial charge in [-0.1, -0.05) is 0 Å². The highest BCUT2D eigenvalue weighted by Gasteiger charge is 2.06. The van der Waals surface area contributed by atoms with Gasteiger partial charge in [-0.05, 0) is 18.2 Å². The smallest absolute Gasteiger partial charge is 0.308 e. The zero-order valence-electron chi connectivity index (χ0n) is 7.73. The van der Waals surface area contributed by atoms with Gasteiger partial charge >= 0.3 is 5.97 Å². The average Bonchev–Trinajstić information content (AvgIpc) is 2.18. The zero-order chi connectivity index (χ0) is 10.8. The van der Waals surface area contributed by atoms with Gasteiger partial charge in [0, 0.05) is 17.1 Å². The number of carboxylic acids is 1. The summed E-state index contributed by atoms with van der Waals surface area (Å²) in [5.41, 5.74) is 0.309. The van der Waals surface area contributed by atoms with Crippen molar-refractivity contribution in [3.8, 4) is 0 Å². The number of aromatic amines is 1. The van der Waals surface area contributed by atoms with Gasteiger partial charge in [0.2, 0.25) is 0 Å². The van der Waals surface area contributed by atoms with Gasteiger partial charge < -0.3 is 10.1 Å². The first-order valence-electron chi connectivity index (χ1n) is 4.35. The first kappa shape index (κ1) is 9.39. The van der Waals surface area contributed by atoms with Crippen molar-refractivity contribution in [2.24, 2.45) is 0 Å². The van der Waals surface area contributed by atoms with Gasteiger partial charge in [0.05, 0.1) is 6.42 Å². The van der Waals surface area contributed by atoms with Crippen molar-refractivity contribution in [2.45, 2.75) is 6.42 Å². The molecule has 0 bridgehead atoms. The van der Waals surface area contributed by atoms with Crippen LogP contribution in [0.3, 0.4) is 0 Å². The highest BCUT2D eigenvalue weighted by Crippen LogP contribution is 2.07. The molecule has 0 aromatic carbocycles. The molecule has 0 spiro atoms. The third kappa shape index (κ3) is 1.85.